The number of hydrogen-bond acceptors (Lipinski definition) is 2. The third-order valence-corrected chi connectivity index (χ3v) is 3.53. The first kappa shape index (κ1) is 13.6. The Morgan fingerprint density at radius 2 is 1.94 bits per heavy atom. The van der Waals surface area contributed by atoms with Crippen molar-refractivity contribution in [2.75, 3.05) is 0 Å². The van der Waals surface area contributed by atoms with Crippen molar-refractivity contribution in [3.63, 3.8) is 0 Å². The maximum absolute atomic E-state index is 5.77. The molecule has 2 aromatic rings. The molecule has 2 rings (SSSR count). The minimum atomic E-state index is 0.460. The maximum atomic E-state index is 5.77. The second-order valence-corrected chi connectivity index (χ2v) is 6.24. The summed E-state index contributed by atoms with van der Waals surface area (Å²) in [6.45, 7) is 9.53. The van der Waals surface area contributed by atoms with Crippen LogP contribution < -0.4 is 5.32 Å². The fraction of sp³-hybridized carbons (Fsp3) is 0.467. The Labute approximate surface area is 117 Å². The highest BCUT2D eigenvalue weighted by Crippen LogP contribution is 2.32. The van der Waals surface area contributed by atoms with E-state index in [-0.39, 0.29) is 0 Å². The van der Waals surface area contributed by atoms with Crippen LogP contribution in [0.4, 0.5) is 0 Å². The smallest absolute Gasteiger partial charge is 0.137 e. The zero-order chi connectivity index (χ0) is 13.3. The van der Waals surface area contributed by atoms with E-state index in [1.807, 2.05) is 6.26 Å². The molecule has 98 valence electrons. The fourth-order valence-corrected chi connectivity index (χ4v) is 2.53. The molecule has 0 aliphatic rings. The number of fused-ring (bicyclic) bond motifs is 1. The lowest BCUT2D eigenvalue weighted by Crippen LogP contribution is -2.21. The van der Waals surface area contributed by atoms with Gasteiger partial charge >= 0.3 is 0 Å². The molecule has 1 aromatic heterocycles. The Morgan fingerprint density at radius 3 is 2.56 bits per heavy atom. The highest BCUT2D eigenvalue weighted by molar-refractivity contribution is 9.10. The Hall–Kier alpha value is -0.800. The predicted octanol–water partition coefficient (Wildman–Crippen LogP) is 4.82. The molecule has 18 heavy (non-hydrogen) atoms. The summed E-state index contributed by atoms with van der Waals surface area (Å²) in [5, 5.41) is 4.64. The molecule has 0 unspecified atom stereocenters. The molecule has 0 amide bonds. The monoisotopic (exact) mass is 309 g/mol. The van der Waals surface area contributed by atoms with Crippen molar-refractivity contribution in [2.45, 2.75) is 46.2 Å². The quantitative estimate of drug-likeness (QED) is 0.876. The predicted molar refractivity (Wildman–Crippen MR) is 80.0 cm³/mol. The van der Waals surface area contributed by atoms with Crippen molar-refractivity contribution in [1.82, 2.24) is 5.32 Å². The van der Waals surface area contributed by atoms with Crippen LogP contribution in [0.25, 0.3) is 11.0 Å². The second-order valence-electron chi connectivity index (χ2n) is 5.32. The van der Waals surface area contributed by atoms with Gasteiger partial charge in [0.15, 0.2) is 0 Å². The van der Waals surface area contributed by atoms with Gasteiger partial charge in [-0.2, -0.15) is 0 Å². The van der Waals surface area contributed by atoms with Gasteiger partial charge in [-0.25, -0.2) is 0 Å². The van der Waals surface area contributed by atoms with Gasteiger partial charge in [0.2, 0.25) is 0 Å². The largest absolute Gasteiger partial charge is 0.464 e. The first-order valence-electron chi connectivity index (χ1n) is 6.42. The molecular formula is C15H20BrNO. The maximum Gasteiger partial charge on any atom is 0.137 e. The summed E-state index contributed by atoms with van der Waals surface area (Å²) in [5.41, 5.74) is 3.51. The van der Waals surface area contributed by atoms with Crippen LogP contribution in [0.2, 0.25) is 0 Å². The molecule has 1 N–H and O–H groups in total. The van der Waals surface area contributed by atoms with Gasteiger partial charge in [-0.1, -0.05) is 43.6 Å². The number of rotatable bonds is 4. The highest BCUT2D eigenvalue weighted by atomic mass is 79.9. The van der Waals surface area contributed by atoms with Crippen LogP contribution in [0.3, 0.4) is 0 Å². The van der Waals surface area contributed by atoms with E-state index < -0.39 is 0 Å². The first-order chi connectivity index (χ1) is 8.49. The van der Waals surface area contributed by atoms with E-state index in [0.29, 0.717) is 12.0 Å². The number of benzene rings is 1. The van der Waals surface area contributed by atoms with Gasteiger partial charge in [0.25, 0.3) is 0 Å². The molecule has 0 saturated carbocycles. The molecule has 1 aromatic carbocycles. The summed E-state index contributed by atoms with van der Waals surface area (Å²) in [7, 11) is 0. The third kappa shape index (κ3) is 2.78. The number of nitrogens with one attached hydrogen (secondary N) is 1. The van der Waals surface area contributed by atoms with Crippen molar-refractivity contribution in [2.24, 2.45) is 0 Å². The van der Waals surface area contributed by atoms with E-state index >= 15 is 0 Å². The normalized spacial score (nSPS) is 11.9. The summed E-state index contributed by atoms with van der Waals surface area (Å²) in [4.78, 5) is 0. The first-order valence-corrected chi connectivity index (χ1v) is 7.21. The van der Waals surface area contributed by atoms with Crippen LogP contribution >= 0.6 is 15.9 Å². The van der Waals surface area contributed by atoms with Crippen LogP contribution in [0.15, 0.2) is 27.3 Å². The van der Waals surface area contributed by atoms with Gasteiger partial charge in [0.1, 0.15) is 5.58 Å². The molecule has 0 aliphatic heterocycles. The lowest BCUT2D eigenvalue weighted by Gasteiger charge is -2.08. The molecule has 0 radical (unpaired) electrons. The van der Waals surface area contributed by atoms with Crippen LogP contribution in [0, 0.1) is 0 Å². The second kappa shape index (κ2) is 5.45. The SMILES string of the molecule is CC(C)NCc1coc2c(C(C)C)cc(Br)cc12. The van der Waals surface area contributed by atoms with E-state index in [9.17, 15) is 0 Å². The molecule has 0 aliphatic carbocycles. The molecule has 1 heterocycles. The zero-order valence-corrected chi connectivity index (χ0v) is 13.0. The Morgan fingerprint density at radius 1 is 1.22 bits per heavy atom. The summed E-state index contributed by atoms with van der Waals surface area (Å²) in [6, 6.07) is 4.77. The molecular weight excluding hydrogens is 290 g/mol. The third-order valence-electron chi connectivity index (χ3n) is 3.07. The van der Waals surface area contributed by atoms with Crippen molar-refractivity contribution in [1.29, 1.82) is 0 Å². The molecule has 0 saturated heterocycles. The lowest BCUT2D eigenvalue weighted by atomic mass is 10.00. The average Bonchev–Trinajstić information content (AvgIpc) is 2.68. The summed E-state index contributed by atoms with van der Waals surface area (Å²) >= 11 is 3.59. The molecule has 0 bridgehead atoms. The lowest BCUT2D eigenvalue weighted by molar-refractivity contribution is 0.570. The van der Waals surface area contributed by atoms with Crippen LogP contribution in [-0.4, -0.2) is 6.04 Å². The van der Waals surface area contributed by atoms with Crippen molar-refractivity contribution in [3.05, 3.63) is 34.0 Å². The van der Waals surface area contributed by atoms with Crippen LogP contribution in [-0.2, 0) is 6.54 Å². The minimum absolute atomic E-state index is 0.460. The van der Waals surface area contributed by atoms with E-state index in [0.717, 1.165) is 16.6 Å². The Kier molecular flexibility index (Phi) is 4.13. The van der Waals surface area contributed by atoms with Gasteiger partial charge in [0.05, 0.1) is 6.26 Å². The van der Waals surface area contributed by atoms with E-state index in [4.69, 9.17) is 4.42 Å². The highest BCUT2D eigenvalue weighted by Gasteiger charge is 2.13. The van der Waals surface area contributed by atoms with Gasteiger partial charge in [-0.15, -0.1) is 0 Å². The van der Waals surface area contributed by atoms with Crippen LogP contribution in [0.1, 0.15) is 44.7 Å². The van der Waals surface area contributed by atoms with Gasteiger partial charge in [-0.05, 0) is 23.6 Å². The molecule has 0 spiro atoms. The standard InChI is InChI=1S/C15H20BrNO/c1-9(2)13-5-12(16)6-14-11(7-17-10(3)4)8-18-15(13)14/h5-6,8-10,17H,7H2,1-4H3. The Balaban J connectivity index is 2.45. The van der Waals surface area contributed by atoms with E-state index in [1.165, 1.54) is 16.5 Å². The van der Waals surface area contributed by atoms with Gasteiger partial charge in [0, 0.05) is 28.0 Å². The summed E-state index contributed by atoms with van der Waals surface area (Å²) in [5.74, 6) is 0.460. The number of furan rings is 1. The van der Waals surface area contributed by atoms with Gasteiger partial charge < -0.3 is 9.73 Å². The van der Waals surface area contributed by atoms with Crippen molar-refractivity contribution >= 4 is 26.9 Å². The summed E-state index contributed by atoms with van der Waals surface area (Å²) in [6.07, 6.45) is 1.87. The fourth-order valence-electron chi connectivity index (χ4n) is 2.06. The molecule has 0 atom stereocenters. The van der Waals surface area contributed by atoms with E-state index in [2.05, 4.69) is 61.1 Å². The molecule has 3 heteroatoms. The minimum Gasteiger partial charge on any atom is -0.464 e. The summed E-state index contributed by atoms with van der Waals surface area (Å²) < 4.78 is 6.88. The number of hydrogen-bond donors (Lipinski definition) is 1. The number of halogens is 1. The topological polar surface area (TPSA) is 25.2 Å². The zero-order valence-electron chi connectivity index (χ0n) is 11.4. The van der Waals surface area contributed by atoms with Crippen LogP contribution in [0.5, 0.6) is 0 Å². The van der Waals surface area contributed by atoms with Gasteiger partial charge in [-0.3, -0.25) is 0 Å². The molecule has 0 fully saturated rings. The van der Waals surface area contributed by atoms with Crippen molar-refractivity contribution < 1.29 is 4.42 Å². The van der Waals surface area contributed by atoms with Crippen molar-refractivity contribution in [3.8, 4) is 0 Å². The molecule has 2 nitrogen and oxygen atoms in total. The average molecular weight is 310 g/mol. The van der Waals surface area contributed by atoms with E-state index in [1.54, 1.807) is 0 Å². The Bertz CT molecular complexity index is 543.